The summed E-state index contributed by atoms with van der Waals surface area (Å²) in [5.41, 5.74) is 0. The van der Waals surface area contributed by atoms with Crippen molar-refractivity contribution in [3.8, 4) is 0 Å². The van der Waals surface area contributed by atoms with Crippen LogP contribution in [0.4, 0.5) is 0 Å². The van der Waals surface area contributed by atoms with Crippen LogP contribution in [0.5, 0.6) is 0 Å². The zero-order valence-electron chi connectivity index (χ0n) is 23.2. The first-order valence-corrected chi connectivity index (χ1v) is 14.4. The third-order valence-corrected chi connectivity index (χ3v) is 6.11. The SMILES string of the molecule is CC/C=C\CC(O)/C=C/C=C\C/C=C\C/C=C\C/C=C\CCCCCCCCCCC[C@H](C)C(=O)O. The molecule has 0 aromatic carbocycles. The van der Waals surface area contributed by atoms with Gasteiger partial charge >= 0.3 is 5.97 Å². The van der Waals surface area contributed by atoms with Crippen LogP contribution in [0.2, 0.25) is 0 Å². The van der Waals surface area contributed by atoms with Gasteiger partial charge in [0.25, 0.3) is 0 Å². The molecule has 0 rings (SSSR count). The first-order valence-electron chi connectivity index (χ1n) is 14.4. The monoisotopic (exact) mass is 498 g/mol. The number of hydrogen-bond acceptors (Lipinski definition) is 2. The fourth-order valence-electron chi connectivity index (χ4n) is 3.74. The molecule has 0 aliphatic rings. The molecule has 0 aliphatic carbocycles. The molecule has 1 unspecified atom stereocenters. The molecular weight excluding hydrogens is 444 g/mol. The summed E-state index contributed by atoms with van der Waals surface area (Å²) in [4.78, 5) is 10.8. The predicted molar refractivity (Wildman–Crippen MR) is 157 cm³/mol. The molecule has 3 heteroatoms. The highest BCUT2D eigenvalue weighted by Crippen LogP contribution is 2.14. The second-order valence-corrected chi connectivity index (χ2v) is 9.62. The van der Waals surface area contributed by atoms with Crippen LogP contribution in [0.25, 0.3) is 0 Å². The van der Waals surface area contributed by atoms with Crippen molar-refractivity contribution in [2.45, 2.75) is 123 Å². The van der Waals surface area contributed by atoms with E-state index in [-0.39, 0.29) is 5.92 Å². The van der Waals surface area contributed by atoms with Crippen LogP contribution < -0.4 is 0 Å². The van der Waals surface area contributed by atoms with Crippen LogP contribution in [-0.2, 0) is 4.79 Å². The Hall–Kier alpha value is -2.13. The largest absolute Gasteiger partial charge is 0.481 e. The summed E-state index contributed by atoms with van der Waals surface area (Å²) in [5.74, 6) is -0.854. The second kappa shape index (κ2) is 27.5. The van der Waals surface area contributed by atoms with Crippen molar-refractivity contribution in [3.05, 3.63) is 72.9 Å². The molecule has 0 bridgehead atoms. The topological polar surface area (TPSA) is 57.5 Å². The number of aliphatic hydroxyl groups excluding tert-OH is 1. The first kappa shape index (κ1) is 33.9. The fraction of sp³-hybridized carbons (Fsp3) is 0.606. The van der Waals surface area contributed by atoms with Gasteiger partial charge in [-0.05, 0) is 51.4 Å². The molecule has 0 heterocycles. The van der Waals surface area contributed by atoms with E-state index in [0.29, 0.717) is 6.42 Å². The van der Waals surface area contributed by atoms with Gasteiger partial charge in [-0.25, -0.2) is 0 Å². The van der Waals surface area contributed by atoms with Gasteiger partial charge in [0.05, 0.1) is 12.0 Å². The van der Waals surface area contributed by atoms with Crippen LogP contribution in [0.3, 0.4) is 0 Å². The maximum absolute atomic E-state index is 10.8. The van der Waals surface area contributed by atoms with Gasteiger partial charge in [-0.2, -0.15) is 0 Å². The average Bonchev–Trinajstić information content (AvgIpc) is 2.86. The number of rotatable bonds is 24. The van der Waals surface area contributed by atoms with Gasteiger partial charge in [-0.1, -0.05) is 138 Å². The number of allylic oxidation sites excluding steroid dienone is 10. The van der Waals surface area contributed by atoms with Crippen LogP contribution in [0.1, 0.15) is 117 Å². The highest BCUT2D eigenvalue weighted by Gasteiger charge is 2.09. The van der Waals surface area contributed by atoms with Crippen molar-refractivity contribution in [2.75, 3.05) is 0 Å². The van der Waals surface area contributed by atoms with E-state index < -0.39 is 12.1 Å². The van der Waals surface area contributed by atoms with E-state index in [1.807, 2.05) is 24.3 Å². The minimum atomic E-state index is -0.664. The lowest BCUT2D eigenvalue weighted by Gasteiger charge is -2.05. The molecule has 0 fully saturated rings. The Morgan fingerprint density at radius 1 is 0.667 bits per heavy atom. The summed E-state index contributed by atoms with van der Waals surface area (Å²) in [6, 6.07) is 0. The minimum absolute atomic E-state index is 0.190. The van der Waals surface area contributed by atoms with Gasteiger partial charge < -0.3 is 10.2 Å². The molecule has 36 heavy (non-hydrogen) atoms. The minimum Gasteiger partial charge on any atom is -0.481 e. The Morgan fingerprint density at radius 2 is 1.19 bits per heavy atom. The molecular formula is C33H54O3. The van der Waals surface area contributed by atoms with Crippen LogP contribution in [0.15, 0.2) is 72.9 Å². The Kier molecular flexibility index (Phi) is 25.8. The van der Waals surface area contributed by atoms with Crippen molar-refractivity contribution in [1.29, 1.82) is 0 Å². The standard InChI is InChI=1S/C33H54O3/c1-3-4-25-29-32(34)30-27-24-22-20-18-16-14-12-10-8-6-5-7-9-11-13-15-17-19-21-23-26-28-31(2)33(35)36/h4-6,10,12,16,18,22,24-25,27,30-32,34H,3,7-9,11,13-15,17,19-21,23,26,28-29H2,1-2H3,(H,35,36)/b6-5-,12-10-,18-16-,24-22-,25-4-,30-27+/t31-,32?/m0/s1. The molecule has 204 valence electrons. The van der Waals surface area contributed by atoms with Crippen LogP contribution in [-0.4, -0.2) is 22.3 Å². The molecule has 3 nitrogen and oxygen atoms in total. The summed E-state index contributed by atoms with van der Waals surface area (Å²) < 4.78 is 0. The highest BCUT2D eigenvalue weighted by molar-refractivity contribution is 5.69. The van der Waals surface area contributed by atoms with Crippen molar-refractivity contribution in [1.82, 2.24) is 0 Å². The lowest BCUT2D eigenvalue weighted by molar-refractivity contribution is -0.141. The maximum Gasteiger partial charge on any atom is 0.306 e. The Morgan fingerprint density at radius 3 is 1.78 bits per heavy atom. The van der Waals surface area contributed by atoms with Gasteiger partial charge in [-0.15, -0.1) is 0 Å². The van der Waals surface area contributed by atoms with Gasteiger partial charge in [0, 0.05) is 0 Å². The summed E-state index contributed by atoms with van der Waals surface area (Å²) in [5, 5.41) is 18.6. The third kappa shape index (κ3) is 26.5. The number of hydrogen-bond donors (Lipinski definition) is 2. The van der Waals surface area contributed by atoms with Gasteiger partial charge in [-0.3, -0.25) is 4.79 Å². The lowest BCUT2D eigenvalue weighted by atomic mass is 10.0. The number of carbonyl (C=O) groups is 1. The zero-order valence-corrected chi connectivity index (χ0v) is 23.2. The van der Waals surface area contributed by atoms with Gasteiger partial charge in [0.1, 0.15) is 0 Å². The molecule has 0 aliphatic heterocycles. The van der Waals surface area contributed by atoms with Crippen molar-refractivity contribution >= 4 is 5.97 Å². The Bertz CT molecular complexity index is 666. The molecule has 2 atom stereocenters. The van der Waals surface area contributed by atoms with E-state index in [1.165, 1.54) is 57.8 Å². The van der Waals surface area contributed by atoms with E-state index in [0.717, 1.165) is 38.5 Å². The molecule has 2 N–H and O–H groups in total. The summed E-state index contributed by atoms with van der Waals surface area (Å²) in [6.45, 7) is 3.90. The Balaban J connectivity index is 3.46. The number of aliphatic hydroxyl groups is 1. The molecule has 0 amide bonds. The van der Waals surface area contributed by atoms with Crippen molar-refractivity contribution in [2.24, 2.45) is 5.92 Å². The van der Waals surface area contributed by atoms with E-state index in [1.54, 1.807) is 6.92 Å². The summed E-state index contributed by atoms with van der Waals surface area (Å²) >= 11 is 0. The Labute approximate surface area is 222 Å². The highest BCUT2D eigenvalue weighted by atomic mass is 16.4. The molecule has 0 saturated heterocycles. The average molecular weight is 499 g/mol. The smallest absolute Gasteiger partial charge is 0.306 e. The van der Waals surface area contributed by atoms with Crippen molar-refractivity contribution < 1.29 is 15.0 Å². The molecule has 0 radical (unpaired) electrons. The van der Waals surface area contributed by atoms with Gasteiger partial charge in [0.2, 0.25) is 0 Å². The normalized spacial score (nSPS) is 14.5. The molecule has 0 aromatic heterocycles. The van der Waals surface area contributed by atoms with Gasteiger partial charge in [0.15, 0.2) is 0 Å². The fourth-order valence-corrected chi connectivity index (χ4v) is 3.74. The third-order valence-electron chi connectivity index (χ3n) is 6.11. The number of unbranched alkanes of at least 4 members (excludes halogenated alkanes) is 9. The molecule has 0 saturated carbocycles. The summed E-state index contributed by atoms with van der Waals surface area (Å²) in [7, 11) is 0. The van der Waals surface area contributed by atoms with Crippen LogP contribution >= 0.6 is 0 Å². The first-order chi connectivity index (χ1) is 17.6. The quantitative estimate of drug-likeness (QED) is 0.0791. The summed E-state index contributed by atoms with van der Waals surface area (Å²) in [6.07, 6.45) is 42.9. The number of carboxylic acid groups (broad SMARTS) is 1. The van der Waals surface area contributed by atoms with E-state index in [2.05, 4.69) is 55.5 Å². The van der Waals surface area contributed by atoms with E-state index >= 15 is 0 Å². The predicted octanol–water partition coefficient (Wildman–Crippen LogP) is 9.67. The molecule has 0 spiro atoms. The number of aliphatic carboxylic acids is 1. The second-order valence-electron chi connectivity index (χ2n) is 9.62. The molecule has 0 aromatic rings. The zero-order chi connectivity index (χ0) is 26.5. The van der Waals surface area contributed by atoms with Crippen LogP contribution in [0, 0.1) is 5.92 Å². The van der Waals surface area contributed by atoms with Crippen molar-refractivity contribution in [3.63, 3.8) is 0 Å². The van der Waals surface area contributed by atoms with E-state index in [9.17, 15) is 9.90 Å². The number of carboxylic acids is 1. The maximum atomic E-state index is 10.8. The van der Waals surface area contributed by atoms with E-state index in [4.69, 9.17) is 5.11 Å². The lowest BCUT2D eigenvalue weighted by Crippen LogP contribution is -2.08.